The number of hydrogen-bond donors (Lipinski definition) is 1. The molecule has 0 bridgehead atoms. The summed E-state index contributed by atoms with van der Waals surface area (Å²) in [4.78, 5) is 0. The molecule has 1 atom stereocenters. The molecule has 0 aliphatic heterocycles. The van der Waals surface area contributed by atoms with E-state index in [9.17, 15) is 8.78 Å². The molecule has 0 aliphatic carbocycles. The molecule has 0 saturated carbocycles. The molecule has 2 N–H and O–H groups in total. The molecule has 0 amide bonds. The fraction of sp³-hybridized carbons (Fsp3) is 0.200. The van der Waals surface area contributed by atoms with Gasteiger partial charge in [-0.3, -0.25) is 0 Å². The lowest BCUT2D eigenvalue weighted by Crippen LogP contribution is -2.07. The van der Waals surface area contributed by atoms with E-state index in [4.69, 9.17) is 10.5 Å². The van der Waals surface area contributed by atoms with Crippen LogP contribution in [-0.2, 0) is 0 Å². The molecule has 19 heavy (non-hydrogen) atoms. The summed E-state index contributed by atoms with van der Waals surface area (Å²) >= 11 is 0. The summed E-state index contributed by atoms with van der Waals surface area (Å²) in [6, 6.07) is 8.30. The molecule has 2 aromatic carbocycles. The summed E-state index contributed by atoms with van der Waals surface area (Å²) in [5.41, 5.74) is 6.85. The van der Waals surface area contributed by atoms with Gasteiger partial charge in [-0.15, -0.1) is 0 Å². The number of aryl methyl sites for hydroxylation is 1. The Morgan fingerprint density at radius 2 is 1.84 bits per heavy atom. The molecule has 0 radical (unpaired) electrons. The number of benzene rings is 2. The van der Waals surface area contributed by atoms with Gasteiger partial charge in [-0.25, -0.2) is 8.78 Å². The van der Waals surface area contributed by atoms with Gasteiger partial charge in [-0.2, -0.15) is 0 Å². The summed E-state index contributed by atoms with van der Waals surface area (Å²) in [5, 5.41) is 0. The largest absolute Gasteiger partial charge is 0.457 e. The van der Waals surface area contributed by atoms with Crippen molar-refractivity contribution in [2.45, 2.75) is 19.9 Å². The predicted molar refractivity (Wildman–Crippen MR) is 70.2 cm³/mol. The van der Waals surface area contributed by atoms with Gasteiger partial charge in [0.1, 0.15) is 23.1 Å². The lowest BCUT2D eigenvalue weighted by atomic mass is 10.1. The first-order valence-electron chi connectivity index (χ1n) is 5.96. The molecule has 0 saturated heterocycles. The van der Waals surface area contributed by atoms with E-state index in [1.165, 1.54) is 24.3 Å². The molecule has 0 heterocycles. The molecule has 0 unspecified atom stereocenters. The second-order valence-electron chi connectivity index (χ2n) is 4.48. The van der Waals surface area contributed by atoms with E-state index in [1.54, 1.807) is 26.0 Å². The topological polar surface area (TPSA) is 35.2 Å². The first kappa shape index (κ1) is 13.5. The van der Waals surface area contributed by atoms with Crippen molar-refractivity contribution in [1.29, 1.82) is 0 Å². The highest BCUT2D eigenvalue weighted by molar-refractivity contribution is 5.40. The predicted octanol–water partition coefficient (Wildman–Crippen LogP) is 4.09. The van der Waals surface area contributed by atoms with Crippen molar-refractivity contribution in [1.82, 2.24) is 0 Å². The number of rotatable bonds is 3. The van der Waals surface area contributed by atoms with Crippen LogP contribution in [0.25, 0.3) is 0 Å². The van der Waals surface area contributed by atoms with Crippen LogP contribution in [0.15, 0.2) is 36.4 Å². The fourth-order valence-electron chi connectivity index (χ4n) is 1.73. The Kier molecular flexibility index (Phi) is 3.81. The monoisotopic (exact) mass is 263 g/mol. The zero-order chi connectivity index (χ0) is 14.0. The van der Waals surface area contributed by atoms with Gasteiger partial charge >= 0.3 is 0 Å². The van der Waals surface area contributed by atoms with Gasteiger partial charge in [0.05, 0.1) is 0 Å². The van der Waals surface area contributed by atoms with Gasteiger partial charge < -0.3 is 10.5 Å². The highest BCUT2D eigenvalue weighted by atomic mass is 19.1. The zero-order valence-electron chi connectivity index (χ0n) is 10.8. The maximum absolute atomic E-state index is 13.4. The fourth-order valence-corrected chi connectivity index (χ4v) is 1.73. The molecule has 0 spiro atoms. The summed E-state index contributed by atoms with van der Waals surface area (Å²) in [6.45, 7) is 3.40. The first-order chi connectivity index (χ1) is 8.97. The van der Waals surface area contributed by atoms with Gasteiger partial charge in [0.25, 0.3) is 0 Å². The smallest absolute Gasteiger partial charge is 0.132 e. The number of hydrogen-bond acceptors (Lipinski definition) is 2. The van der Waals surface area contributed by atoms with E-state index in [0.717, 1.165) is 0 Å². The molecule has 2 aromatic rings. The lowest BCUT2D eigenvalue weighted by molar-refractivity contribution is 0.463. The van der Waals surface area contributed by atoms with Crippen LogP contribution in [-0.4, -0.2) is 0 Å². The van der Waals surface area contributed by atoms with Crippen molar-refractivity contribution in [3.63, 3.8) is 0 Å². The third-order valence-electron chi connectivity index (χ3n) is 2.83. The highest BCUT2D eigenvalue weighted by Gasteiger charge is 2.11. The van der Waals surface area contributed by atoms with Crippen molar-refractivity contribution in [2.75, 3.05) is 0 Å². The molecule has 2 rings (SSSR count). The third kappa shape index (κ3) is 3.09. The van der Waals surface area contributed by atoms with Crippen LogP contribution in [0.5, 0.6) is 11.5 Å². The third-order valence-corrected chi connectivity index (χ3v) is 2.83. The van der Waals surface area contributed by atoms with E-state index in [2.05, 4.69) is 0 Å². The number of nitrogens with two attached hydrogens (primary N) is 1. The second kappa shape index (κ2) is 5.36. The van der Waals surface area contributed by atoms with E-state index in [1.807, 2.05) is 0 Å². The number of halogens is 2. The van der Waals surface area contributed by atoms with Gasteiger partial charge in [-0.05, 0) is 43.7 Å². The van der Waals surface area contributed by atoms with Gasteiger partial charge in [0.2, 0.25) is 0 Å². The summed E-state index contributed by atoms with van der Waals surface area (Å²) in [6.07, 6.45) is 0. The second-order valence-corrected chi connectivity index (χ2v) is 4.48. The Morgan fingerprint density at radius 3 is 2.47 bits per heavy atom. The zero-order valence-corrected chi connectivity index (χ0v) is 10.8. The summed E-state index contributed by atoms with van der Waals surface area (Å²) in [7, 11) is 0. The van der Waals surface area contributed by atoms with Gasteiger partial charge in [0.15, 0.2) is 0 Å². The molecular weight excluding hydrogens is 248 g/mol. The van der Waals surface area contributed by atoms with Crippen LogP contribution < -0.4 is 10.5 Å². The Balaban J connectivity index is 2.35. The van der Waals surface area contributed by atoms with Crippen molar-refractivity contribution in [2.24, 2.45) is 5.73 Å². The molecule has 4 heteroatoms. The van der Waals surface area contributed by atoms with Crippen LogP contribution in [0.3, 0.4) is 0 Å². The molecule has 0 aliphatic rings. The van der Waals surface area contributed by atoms with Crippen LogP contribution in [0.4, 0.5) is 8.78 Å². The quantitative estimate of drug-likeness (QED) is 0.905. The van der Waals surface area contributed by atoms with E-state index in [0.29, 0.717) is 22.6 Å². The van der Waals surface area contributed by atoms with Crippen molar-refractivity contribution >= 4 is 0 Å². The average Bonchev–Trinajstić information content (AvgIpc) is 2.36. The Bertz CT molecular complexity index is 597. The standard InChI is InChI=1S/C15H15F2NO/c1-9-3-5-12(8-14(9)17)19-15-6-4-11(16)7-13(15)10(2)18/h3-8,10H,18H2,1-2H3/t10-/m1/s1. The van der Waals surface area contributed by atoms with Crippen molar-refractivity contribution in [3.8, 4) is 11.5 Å². The molecule has 2 nitrogen and oxygen atoms in total. The number of ether oxygens (including phenoxy) is 1. The lowest BCUT2D eigenvalue weighted by Gasteiger charge is -2.14. The van der Waals surface area contributed by atoms with Crippen LogP contribution in [0.1, 0.15) is 24.1 Å². The normalized spacial score (nSPS) is 12.3. The van der Waals surface area contributed by atoms with Crippen LogP contribution in [0.2, 0.25) is 0 Å². The van der Waals surface area contributed by atoms with Crippen molar-refractivity contribution in [3.05, 3.63) is 59.2 Å². The molecule has 0 fully saturated rings. The minimum Gasteiger partial charge on any atom is -0.457 e. The van der Waals surface area contributed by atoms with E-state index < -0.39 is 0 Å². The van der Waals surface area contributed by atoms with Gasteiger partial charge in [0, 0.05) is 17.7 Å². The van der Waals surface area contributed by atoms with Crippen LogP contribution >= 0.6 is 0 Å². The Morgan fingerprint density at radius 1 is 1.11 bits per heavy atom. The Hall–Kier alpha value is -1.94. The van der Waals surface area contributed by atoms with Crippen molar-refractivity contribution < 1.29 is 13.5 Å². The Labute approximate surface area is 110 Å². The summed E-state index contributed by atoms with van der Waals surface area (Å²) in [5.74, 6) is 0.0629. The van der Waals surface area contributed by atoms with E-state index in [-0.39, 0.29) is 17.7 Å². The maximum Gasteiger partial charge on any atom is 0.132 e. The molecule has 0 aromatic heterocycles. The van der Waals surface area contributed by atoms with Crippen LogP contribution in [0, 0.1) is 18.6 Å². The minimum atomic E-state index is -0.380. The SMILES string of the molecule is Cc1ccc(Oc2ccc(F)cc2[C@@H](C)N)cc1F. The molecule has 100 valence electrons. The van der Waals surface area contributed by atoms with Gasteiger partial charge in [-0.1, -0.05) is 6.07 Å². The first-order valence-corrected chi connectivity index (χ1v) is 5.96. The minimum absolute atomic E-state index is 0.345. The average molecular weight is 263 g/mol. The summed E-state index contributed by atoms with van der Waals surface area (Å²) < 4.78 is 32.2. The van der Waals surface area contributed by atoms with E-state index >= 15 is 0 Å². The molecular formula is C15H15F2NO. The highest BCUT2D eigenvalue weighted by Crippen LogP contribution is 2.30. The maximum atomic E-state index is 13.4.